The van der Waals surface area contributed by atoms with E-state index in [9.17, 15) is 13.2 Å². The van der Waals surface area contributed by atoms with Crippen LogP contribution in [-0.4, -0.2) is 44.0 Å². The predicted molar refractivity (Wildman–Crippen MR) is 74.2 cm³/mol. The van der Waals surface area contributed by atoms with Gasteiger partial charge < -0.3 is 5.32 Å². The summed E-state index contributed by atoms with van der Waals surface area (Å²) in [7, 11) is -3.14. The fourth-order valence-electron chi connectivity index (χ4n) is 3.05. The molecule has 0 aromatic heterocycles. The Kier molecular flexibility index (Phi) is 4.84. The number of amides is 1. The molecule has 1 saturated carbocycles. The zero-order chi connectivity index (χ0) is 13.9. The standard InChI is InChI=1S/C13H24N2O3S/c1-19(17,18)15-9-5-8-12(10-15)14-13(16)11-6-3-2-4-7-11/h11-12H,2-10H2,1H3,(H,14,16). The maximum atomic E-state index is 12.1. The van der Waals surface area contributed by atoms with E-state index in [2.05, 4.69) is 5.32 Å². The lowest BCUT2D eigenvalue weighted by Crippen LogP contribution is -2.50. The molecule has 1 N–H and O–H groups in total. The highest BCUT2D eigenvalue weighted by molar-refractivity contribution is 7.88. The van der Waals surface area contributed by atoms with Crippen molar-refractivity contribution in [3.8, 4) is 0 Å². The van der Waals surface area contributed by atoms with E-state index in [-0.39, 0.29) is 17.9 Å². The van der Waals surface area contributed by atoms with Gasteiger partial charge in [0.15, 0.2) is 0 Å². The minimum atomic E-state index is -3.14. The lowest BCUT2D eigenvalue weighted by Gasteiger charge is -2.32. The molecule has 0 spiro atoms. The van der Waals surface area contributed by atoms with E-state index in [1.54, 1.807) is 0 Å². The Balaban J connectivity index is 1.86. The molecule has 0 bridgehead atoms. The van der Waals surface area contributed by atoms with Crippen molar-refractivity contribution in [2.24, 2.45) is 5.92 Å². The van der Waals surface area contributed by atoms with Gasteiger partial charge in [-0.1, -0.05) is 19.3 Å². The number of hydrogen-bond acceptors (Lipinski definition) is 3. The maximum absolute atomic E-state index is 12.1. The van der Waals surface area contributed by atoms with E-state index >= 15 is 0 Å². The second-order valence-electron chi connectivity index (χ2n) is 5.80. The van der Waals surface area contributed by atoms with Crippen molar-refractivity contribution in [2.45, 2.75) is 51.0 Å². The van der Waals surface area contributed by atoms with Gasteiger partial charge in [-0.3, -0.25) is 4.79 Å². The summed E-state index contributed by atoms with van der Waals surface area (Å²) in [6, 6.07) is -0.0158. The molecule has 19 heavy (non-hydrogen) atoms. The van der Waals surface area contributed by atoms with E-state index in [0.717, 1.165) is 38.5 Å². The van der Waals surface area contributed by atoms with Crippen molar-refractivity contribution in [1.82, 2.24) is 9.62 Å². The van der Waals surface area contributed by atoms with Crippen LogP contribution in [0.4, 0.5) is 0 Å². The maximum Gasteiger partial charge on any atom is 0.223 e. The Morgan fingerprint density at radius 3 is 2.42 bits per heavy atom. The number of nitrogens with zero attached hydrogens (tertiary/aromatic N) is 1. The van der Waals surface area contributed by atoms with Gasteiger partial charge in [0.1, 0.15) is 0 Å². The van der Waals surface area contributed by atoms with Crippen LogP contribution >= 0.6 is 0 Å². The van der Waals surface area contributed by atoms with Crippen LogP contribution < -0.4 is 5.32 Å². The SMILES string of the molecule is CS(=O)(=O)N1CCCC(NC(=O)C2CCCCC2)C1. The lowest BCUT2D eigenvalue weighted by molar-refractivity contribution is -0.126. The van der Waals surface area contributed by atoms with Gasteiger partial charge in [-0.2, -0.15) is 0 Å². The zero-order valence-electron chi connectivity index (χ0n) is 11.6. The first-order valence-electron chi connectivity index (χ1n) is 7.22. The molecule has 1 aliphatic carbocycles. The van der Waals surface area contributed by atoms with Crippen molar-refractivity contribution >= 4 is 15.9 Å². The van der Waals surface area contributed by atoms with Crippen molar-refractivity contribution in [3.05, 3.63) is 0 Å². The Hall–Kier alpha value is -0.620. The average Bonchev–Trinajstić information content (AvgIpc) is 2.39. The van der Waals surface area contributed by atoms with Crippen molar-refractivity contribution < 1.29 is 13.2 Å². The van der Waals surface area contributed by atoms with Crippen LogP contribution in [0.25, 0.3) is 0 Å². The molecule has 110 valence electrons. The molecule has 1 aliphatic heterocycles. The second kappa shape index (κ2) is 6.22. The summed E-state index contributed by atoms with van der Waals surface area (Å²) in [5, 5.41) is 3.05. The normalized spacial score (nSPS) is 27.1. The van der Waals surface area contributed by atoms with Gasteiger partial charge in [0, 0.05) is 25.0 Å². The molecule has 6 heteroatoms. The minimum absolute atomic E-state index is 0.0158. The Labute approximate surface area is 115 Å². The summed E-state index contributed by atoms with van der Waals surface area (Å²) >= 11 is 0. The summed E-state index contributed by atoms with van der Waals surface area (Å²) in [6.45, 7) is 1.01. The fraction of sp³-hybridized carbons (Fsp3) is 0.923. The van der Waals surface area contributed by atoms with Gasteiger partial charge >= 0.3 is 0 Å². The van der Waals surface area contributed by atoms with Gasteiger partial charge in [0.05, 0.1) is 6.26 Å². The molecule has 2 aliphatic rings. The number of piperidine rings is 1. The van der Waals surface area contributed by atoms with Crippen LogP contribution in [0.2, 0.25) is 0 Å². The van der Waals surface area contributed by atoms with Crippen LogP contribution in [0.1, 0.15) is 44.9 Å². The van der Waals surface area contributed by atoms with E-state index < -0.39 is 10.0 Å². The number of rotatable bonds is 3. The molecule has 2 fully saturated rings. The number of carbonyl (C=O) groups is 1. The Morgan fingerprint density at radius 2 is 1.79 bits per heavy atom. The first-order valence-corrected chi connectivity index (χ1v) is 9.07. The van der Waals surface area contributed by atoms with E-state index in [0.29, 0.717) is 13.1 Å². The highest BCUT2D eigenvalue weighted by Gasteiger charge is 2.29. The molecule has 0 radical (unpaired) electrons. The van der Waals surface area contributed by atoms with Gasteiger partial charge in [-0.25, -0.2) is 12.7 Å². The van der Waals surface area contributed by atoms with Crippen LogP contribution in [0, 0.1) is 5.92 Å². The second-order valence-corrected chi connectivity index (χ2v) is 7.79. The van der Waals surface area contributed by atoms with Crippen LogP contribution in [0.5, 0.6) is 0 Å². The van der Waals surface area contributed by atoms with E-state index in [4.69, 9.17) is 0 Å². The number of sulfonamides is 1. The van der Waals surface area contributed by atoms with Crippen LogP contribution in [-0.2, 0) is 14.8 Å². The molecule has 1 saturated heterocycles. The number of hydrogen-bond donors (Lipinski definition) is 1. The zero-order valence-corrected chi connectivity index (χ0v) is 12.4. The topological polar surface area (TPSA) is 66.5 Å². The van der Waals surface area contributed by atoms with Crippen LogP contribution in [0.3, 0.4) is 0 Å². The van der Waals surface area contributed by atoms with Crippen molar-refractivity contribution in [3.63, 3.8) is 0 Å². The molecular formula is C13H24N2O3S. The van der Waals surface area contributed by atoms with Crippen LogP contribution in [0.15, 0.2) is 0 Å². The van der Waals surface area contributed by atoms with Gasteiger partial charge in [0.2, 0.25) is 15.9 Å². The molecule has 1 unspecified atom stereocenters. The quantitative estimate of drug-likeness (QED) is 0.846. The Morgan fingerprint density at radius 1 is 1.11 bits per heavy atom. The summed E-state index contributed by atoms with van der Waals surface area (Å²) in [5.41, 5.74) is 0. The minimum Gasteiger partial charge on any atom is -0.352 e. The third-order valence-electron chi connectivity index (χ3n) is 4.18. The molecule has 0 aromatic rings. The lowest BCUT2D eigenvalue weighted by atomic mass is 9.88. The first kappa shape index (κ1) is 14.8. The molecular weight excluding hydrogens is 264 g/mol. The predicted octanol–water partition coefficient (Wildman–Crippen LogP) is 1.11. The molecule has 2 rings (SSSR count). The van der Waals surface area contributed by atoms with Gasteiger partial charge in [0.25, 0.3) is 0 Å². The van der Waals surface area contributed by atoms with Crippen molar-refractivity contribution in [2.75, 3.05) is 19.3 Å². The molecule has 0 aromatic carbocycles. The monoisotopic (exact) mass is 288 g/mol. The van der Waals surface area contributed by atoms with Gasteiger partial charge in [-0.05, 0) is 25.7 Å². The Bertz CT molecular complexity index is 416. The highest BCUT2D eigenvalue weighted by atomic mass is 32.2. The molecule has 1 amide bonds. The number of carbonyl (C=O) groups excluding carboxylic acids is 1. The summed E-state index contributed by atoms with van der Waals surface area (Å²) in [5.74, 6) is 0.266. The first-order chi connectivity index (χ1) is 8.97. The summed E-state index contributed by atoms with van der Waals surface area (Å²) in [4.78, 5) is 12.1. The molecule has 1 atom stereocenters. The smallest absolute Gasteiger partial charge is 0.223 e. The summed E-state index contributed by atoms with van der Waals surface area (Å²) in [6.07, 6.45) is 8.40. The third-order valence-corrected chi connectivity index (χ3v) is 5.45. The summed E-state index contributed by atoms with van der Waals surface area (Å²) < 4.78 is 24.5. The highest BCUT2D eigenvalue weighted by Crippen LogP contribution is 2.24. The van der Waals surface area contributed by atoms with Gasteiger partial charge in [-0.15, -0.1) is 0 Å². The largest absolute Gasteiger partial charge is 0.352 e. The third kappa shape index (κ3) is 4.18. The number of nitrogens with one attached hydrogen (secondary N) is 1. The van der Waals surface area contributed by atoms with E-state index in [1.807, 2.05) is 0 Å². The van der Waals surface area contributed by atoms with Crippen molar-refractivity contribution in [1.29, 1.82) is 0 Å². The average molecular weight is 288 g/mol. The van der Waals surface area contributed by atoms with E-state index in [1.165, 1.54) is 17.0 Å². The molecule has 5 nitrogen and oxygen atoms in total. The molecule has 1 heterocycles. The fourth-order valence-corrected chi connectivity index (χ4v) is 3.96.